The minimum Gasteiger partial charge on any atom is -0.756 e. The fourth-order valence-corrected chi connectivity index (χ4v) is 14.0. The first kappa shape index (κ1) is 96.0. The van der Waals surface area contributed by atoms with E-state index in [1.165, 1.54) is 360 Å². The number of phosphoric ester groups is 1. The highest BCUT2D eigenvalue weighted by molar-refractivity contribution is 7.45. The van der Waals surface area contributed by atoms with E-state index in [0.29, 0.717) is 17.4 Å². The van der Waals surface area contributed by atoms with Gasteiger partial charge in [0.25, 0.3) is 7.82 Å². The molecule has 0 saturated carbocycles. The summed E-state index contributed by atoms with van der Waals surface area (Å²) in [6.07, 6.45) is 106. The van der Waals surface area contributed by atoms with Gasteiger partial charge in [-0.3, -0.25) is 14.2 Å². The zero-order chi connectivity index (χ0) is 71.1. The van der Waals surface area contributed by atoms with Crippen LogP contribution in [0.3, 0.4) is 0 Å². The predicted octanol–water partition coefficient (Wildman–Crippen LogP) is 28.4. The predicted molar refractivity (Wildman–Crippen MR) is 425 cm³/mol. The molecule has 0 bridgehead atoms. The highest BCUT2D eigenvalue weighted by Crippen LogP contribution is 2.38. The molecule has 2 unspecified atom stereocenters. The molecule has 0 aliphatic heterocycles. The van der Waals surface area contributed by atoms with Crippen LogP contribution >= 0.6 is 7.82 Å². The Bertz CT molecular complexity index is 1790. The summed E-state index contributed by atoms with van der Waals surface area (Å²) in [5.74, 6) is -0.803. The van der Waals surface area contributed by atoms with Crippen LogP contribution in [0.5, 0.6) is 0 Å². The molecule has 0 aromatic heterocycles. The monoisotopic (exact) mass is 1400 g/mol. The lowest BCUT2D eigenvalue weighted by atomic mass is 10.0. The molecule has 0 aliphatic rings. The summed E-state index contributed by atoms with van der Waals surface area (Å²) in [6.45, 7) is 4.22. The zero-order valence-electron chi connectivity index (χ0n) is 66.3. The Morgan fingerprint density at radius 1 is 0.327 bits per heavy atom. The number of hydrogen-bond acceptors (Lipinski definition) is 8. The minimum absolute atomic E-state index is 0.0266. The van der Waals surface area contributed by atoms with Gasteiger partial charge in [-0.2, -0.15) is 0 Å². The van der Waals surface area contributed by atoms with Gasteiger partial charge in [-0.05, 0) is 51.4 Å². The van der Waals surface area contributed by atoms with Crippen molar-refractivity contribution in [3.63, 3.8) is 0 Å². The molecule has 578 valence electrons. The maximum Gasteiger partial charge on any atom is 0.306 e. The molecular weight excluding hydrogens is 1230 g/mol. The molecule has 0 spiro atoms. The van der Waals surface area contributed by atoms with Crippen molar-refractivity contribution in [2.75, 3.05) is 47.5 Å². The second kappa shape index (κ2) is 79.1. The summed E-state index contributed by atoms with van der Waals surface area (Å²) in [4.78, 5) is 38.2. The fourth-order valence-electron chi connectivity index (χ4n) is 13.3. The van der Waals surface area contributed by atoms with Gasteiger partial charge in [-0.1, -0.05) is 435 Å². The molecule has 0 radical (unpaired) electrons. The Morgan fingerprint density at radius 3 is 0.867 bits per heavy atom. The molecule has 0 aromatic carbocycles. The standard InChI is InChI=1S/C88H168NO8P/c1-6-8-10-12-14-16-18-20-22-24-26-28-30-32-34-36-38-40-41-42-43-44-45-46-47-49-51-53-55-57-59-61-63-65-67-69-71-73-75-77-79-81-88(91)97-86(85-96-98(92,93)95-83-82-89(3,4)5)84-94-87(90)80-78-76-74-72-70-68-66-64-62-60-58-56-54-52-50-48-39-37-35-33-31-29-27-25-23-21-19-17-15-13-11-9-7-2/h8,10,14,16,20,22,26,28,86H,6-7,9,11-13,15,17-19,21,23-25,27,29-85H2,1-5H3/b10-8-,16-14-,22-20-,28-26-. The number of carbonyl (C=O) groups is 2. The van der Waals surface area contributed by atoms with Crippen molar-refractivity contribution < 1.29 is 42.1 Å². The summed E-state index contributed by atoms with van der Waals surface area (Å²) in [5, 5.41) is 0. The molecule has 2 atom stereocenters. The van der Waals surface area contributed by atoms with Crippen molar-refractivity contribution in [2.24, 2.45) is 0 Å². The second-order valence-corrected chi connectivity index (χ2v) is 32.3. The first-order valence-corrected chi connectivity index (χ1v) is 44.8. The van der Waals surface area contributed by atoms with Crippen molar-refractivity contribution in [1.82, 2.24) is 0 Å². The van der Waals surface area contributed by atoms with Gasteiger partial charge in [0.05, 0.1) is 27.7 Å². The van der Waals surface area contributed by atoms with Crippen molar-refractivity contribution >= 4 is 19.8 Å². The van der Waals surface area contributed by atoms with E-state index in [4.69, 9.17) is 18.5 Å². The highest BCUT2D eigenvalue weighted by Gasteiger charge is 2.22. The maximum atomic E-state index is 12.9. The number of allylic oxidation sites excluding steroid dienone is 8. The van der Waals surface area contributed by atoms with Crippen LogP contribution in [0.4, 0.5) is 0 Å². The van der Waals surface area contributed by atoms with E-state index in [1.54, 1.807) is 0 Å². The van der Waals surface area contributed by atoms with Crippen LogP contribution in [-0.2, 0) is 32.7 Å². The molecule has 0 fully saturated rings. The van der Waals surface area contributed by atoms with Crippen molar-refractivity contribution in [3.05, 3.63) is 48.6 Å². The normalized spacial score (nSPS) is 13.2. The van der Waals surface area contributed by atoms with Crippen LogP contribution in [0.15, 0.2) is 48.6 Å². The van der Waals surface area contributed by atoms with Gasteiger partial charge in [0.2, 0.25) is 0 Å². The molecule has 0 amide bonds. The van der Waals surface area contributed by atoms with Gasteiger partial charge in [0.1, 0.15) is 19.8 Å². The van der Waals surface area contributed by atoms with Crippen LogP contribution < -0.4 is 4.89 Å². The fraction of sp³-hybridized carbons (Fsp3) is 0.886. The smallest absolute Gasteiger partial charge is 0.306 e. The number of ether oxygens (including phenoxy) is 2. The molecule has 0 rings (SSSR count). The van der Waals surface area contributed by atoms with Crippen LogP contribution in [0.2, 0.25) is 0 Å². The Balaban J connectivity index is 3.84. The molecule has 0 saturated heterocycles. The number of quaternary nitrogens is 1. The number of likely N-dealkylation sites (N-methyl/N-ethyl adjacent to an activating group) is 1. The summed E-state index contributed by atoms with van der Waals surface area (Å²) in [6, 6.07) is 0. The van der Waals surface area contributed by atoms with E-state index in [0.717, 1.165) is 57.8 Å². The molecular formula is C88H168NO8P. The lowest BCUT2D eigenvalue weighted by molar-refractivity contribution is -0.870. The molecule has 10 heteroatoms. The number of nitrogens with zero attached hydrogens (tertiary/aromatic N) is 1. The van der Waals surface area contributed by atoms with Gasteiger partial charge >= 0.3 is 11.9 Å². The van der Waals surface area contributed by atoms with E-state index < -0.39 is 26.5 Å². The SMILES string of the molecule is CC/C=C\C/C=C\C/C=C\C/C=C\CCCCCCCCCCCCCCCCCCCCCCCCCCCCCCC(=O)OC(COC(=O)CCCCCCCCCCCCCCCCCCCCCCCCCCCCCCCCCCC)COP(=O)([O-])OCC[N+](C)(C)C. The van der Waals surface area contributed by atoms with E-state index in [2.05, 4.69) is 62.5 Å². The second-order valence-electron chi connectivity index (χ2n) is 30.9. The van der Waals surface area contributed by atoms with Gasteiger partial charge in [-0.25, -0.2) is 0 Å². The third kappa shape index (κ3) is 82.9. The number of carbonyl (C=O) groups excluding carboxylic acids is 2. The first-order valence-electron chi connectivity index (χ1n) is 43.3. The van der Waals surface area contributed by atoms with Gasteiger partial charge in [0.15, 0.2) is 6.10 Å². The molecule has 0 N–H and O–H groups in total. The average Bonchev–Trinajstić information content (AvgIpc) is 1.08. The quantitative estimate of drug-likeness (QED) is 0.0195. The summed E-state index contributed by atoms with van der Waals surface area (Å²) in [7, 11) is 1.20. The maximum absolute atomic E-state index is 12.9. The van der Waals surface area contributed by atoms with Gasteiger partial charge < -0.3 is 27.9 Å². The van der Waals surface area contributed by atoms with Crippen LogP contribution in [-0.4, -0.2) is 70.0 Å². The number of unbranched alkanes of at least 4 members (excludes halogenated alkanes) is 60. The lowest BCUT2D eigenvalue weighted by Gasteiger charge is -2.28. The Kier molecular flexibility index (Phi) is 77.5. The number of hydrogen-bond donors (Lipinski definition) is 0. The van der Waals surface area contributed by atoms with Crippen molar-refractivity contribution in [2.45, 2.75) is 457 Å². The summed E-state index contributed by atoms with van der Waals surface area (Å²) >= 11 is 0. The van der Waals surface area contributed by atoms with Crippen molar-refractivity contribution in [3.8, 4) is 0 Å². The molecule has 9 nitrogen and oxygen atoms in total. The topological polar surface area (TPSA) is 111 Å². The van der Waals surface area contributed by atoms with E-state index in [9.17, 15) is 19.0 Å². The van der Waals surface area contributed by atoms with Crippen LogP contribution in [0.1, 0.15) is 450 Å². The van der Waals surface area contributed by atoms with Gasteiger partial charge in [0, 0.05) is 12.8 Å². The largest absolute Gasteiger partial charge is 0.756 e. The third-order valence-corrected chi connectivity index (χ3v) is 20.8. The molecule has 0 aliphatic carbocycles. The van der Waals surface area contributed by atoms with Crippen molar-refractivity contribution in [1.29, 1.82) is 0 Å². The first-order chi connectivity index (χ1) is 48.0. The number of rotatable bonds is 82. The van der Waals surface area contributed by atoms with E-state index in [-0.39, 0.29) is 32.0 Å². The number of esters is 2. The van der Waals surface area contributed by atoms with Crippen LogP contribution in [0.25, 0.3) is 0 Å². The van der Waals surface area contributed by atoms with Crippen LogP contribution in [0, 0.1) is 0 Å². The van der Waals surface area contributed by atoms with Gasteiger partial charge in [-0.15, -0.1) is 0 Å². The Morgan fingerprint density at radius 2 is 0.582 bits per heavy atom. The highest BCUT2D eigenvalue weighted by atomic mass is 31.2. The molecule has 98 heavy (non-hydrogen) atoms. The number of phosphoric acid groups is 1. The lowest BCUT2D eigenvalue weighted by Crippen LogP contribution is -2.37. The zero-order valence-corrected chi connectivity index (χ0v) is 67.2. The Labute approximate surface area is 611 Å². The minimum atomic E-state index is -4.64. The summed E-state index contributed by atoms with van der Waals surface area (Å²) in [5.41, 5.74) is 0. The van der Waals surface area contributed by atoms with E-state index >= 15 is 0 Å². The average molecular weight is 1400 g/mol. The molecule has 0 aromatic rings. The third-order valence-electron chi connectivity index (χ3n) is 19.9. The Hall–Kier alpha value is -2.03. The summed E-state index contributed by atoms with van der Waals surface area (Å²) < 4.78 is 34.5. The molecule has 0 heterocycles. The van der Waals surface area contributed by atoms with E-state index in [1.807, 2.05) is 21.1 Å².